The molecule has 2 amide bonds. The van der Waals surface area contributed by atoms with Crippen LogP contribution in [0.4, 0.5) is 5.69 Å². The second kappa shape index (κ2) is 9.35. The van der Waals surface area contributed by atoms with Crippen molar-refractivity contribution in [2.24, 2.45) is 0 Å². The zero-order valence-corrected chi connectivity index (χ0v) is 16.9. The van der Waals surface area contributed by atoms with E-state index in [0.29, 0.717) is 17.7 Å². The third kappa shape index (κ3) is 4.57. The average molecular weight is 399 g/mol. The number of hydrogen-bond acceptors (Lipinski definition) is 3. The van der Waals surface area contributed by atoms with Gasteiger partial charge in [-0.1, -0.05) is 48.5 Å². The molecule has 0 bridgehead atoms. The number of amides is 2. The first-order valence-corrected chi connectivity index (χ1v) is 10.4. The van der Waals surface area contributed by atoms with Gasteiger partial charge in [0.05, 0.1) is 17.7 Å². The van der Waals surface area contributed by atoms with Crippen LogP contribution in [-0.2, 0) is 6.54 Å². The van der Waals surface area contributed by atoms with E-state index < -0.39 is 0 Å². The smallest absolute Gasteiger partial charge is 0.260 e. The van der Waals surface area contributed by atoms with Crippen molar-refractivity contribution >= 4 is 17.5 Å². The molecule has 2 heterocycles. The molecule has 3 aromatic rings. The van der Waals surface area contributed by atoms with Gasteiger partial charge in [-0.15, -0.1) is 0 Å². The van der Waals surface area contributed by atoms with E-state index in [0.717, 1.165) is 43.6 Å². The minimum absolute atomic E-state index is 0.0498. The van der Waals surface area contributed by atoms with Gasteiger partial charge in [0.25, 0.3) is 11.8 Å². The zero-order chi connectivity index (χ0) is 20.8. The standard InChI is InChI=1S/C25H25N3O2/c29-24(27-14-8-3-9-15-27)21-16-22(18-26-17-21)25(30)28(23-12-6-2-7-13-23)19-20-10-4-1-5-11-20/h1-2,4-7,10-13,16-18H,3,8-9,14-15,19H2. The van der Waals surface area contributed by atoms with Crippen molar-refractivity contribution in [2.75, 3.05) is 18.0 Å². The van der Waals surface area contributed by atoms with Gasteiger partial charge in [-0.3, -0.25) is 14.6 Å². The maximum absolute atomic E-state index is 13.5. The van der Waals surface area contributed by atoms with Crippen LogP contribution in [0.25, 0.3) is 0 Å². The molecular weight excluding hydrogens is 374 g/mol. The number of carbonyl (C=O) groups excluding carboxylic acids is 2. The van der Waals surface area contributed by atoms with E-state index in [1.165, 1.54) is 6.20 Å². The third-order valence-corrected chi connectivity index (χ3v) is 5.37. The van der Waals surface area contributed by atoms with E-state index in [-0.39, 0.29) is 11.8 Å². The van der Waals surface area contributed by atoms with Crippen LogP contribution in [0.2, 0.25) is 0 Å². The van der Waals surface area contributed by atoms with Crippen molar-refractivity contribution in [1.29, 1.82) is 0 Å². The Morgan fingerprint density at radius 3 is 2.17 bits per heavy atom. The lowest BCUT2D eigenvalue weighted by atomic mass is 10.1. The van der Waals surface area contributed by atoms with E-state index in [4.69, 9.17) is 0 Å². The van der Waals surface area contributed by atoms with Gasteiger partial charge in [0.15, 0.2) is 0 Å². The minimum Gasteiger partial charge on any atom is -0.339 e. The summed E-state index contributed by atoms with van der Waals surface area (Å²) in [6, 6.07) is 21.1. The molecule has 0 atom stereocenters. The highest BCUT2D eigenvalue weighted by atomic mass is 16.2. The molecule has 5 heteroatoms. The van der Waals surface area contributed by atoms with Gasteiger partial charge < -0.3 is 9.80 Å². The van der Waals surface area contributed by atoms with Crippen LogP contribution in [0.1, 0.15) is 45.5 Å². The van der Waals surface area contributed by atoms with E-state index in [1.807, 2.05) is 65.6 Å². The van der Waals surface area contributed by atoms with Gasteiger partial charge in [0.1, 0.15) is 0 Å². The fourth-order valence-corrected chi connectivity index (χ4v) is 3.76. The van der Waals surface area contributed by atoms with Crippen LogP contribution >= 0.6 is 0 Å². The molecule has 0 spiro atoms. The molecule has 0 saturated carbocycles. The summed E-state index contributed by atoms with van der Waals surface area (Å²) in [5, 5.41) is 0. The quantitative estimate of drug-likeness (QED) is 0.632. The van der Waals surface area contributed by atoms with E-state index in [9.17, 15) is 9.59 Å². The second-order valence-corrected chi connectivity index (χ2v) is 7.53. The van der Waals surface area contributed by atoms with Crippen molar-refractivity contribution in [3.05, 3.63) is 95.8 Å². The third-order valence-electron chi connectivity index (χ3n) is 5.37. The number of aromatic nitrogens is 1. The molecule has 5 nitrogen and oxygen atoms in total. The second-order valence-electron chi connectivity index (χ2n) is 7.53. The Bertz CT molecular complexity index is 999. The summed E-state index contributed by atoms with van der Waals surface area (Å²) in [5.41, 5.74) is 2.72. The summed E-state index contributed by atoms with van der Waals surface area (Å²) in [7, 11) is 0. The van der Waals surface area contributed by atoms with Crippen LogP contribution in [-0.4, -0.2) is 34.8 Å². The highest BCUT2D eigenvalue weighted by Gasteiger charge is 2.22. The number of pyridine rings is 1. The molecule has 1 aliphatic rings. The molecule has 0 unspecified atom stereocenters. The Morgan fingerprint density at radius 1 is 0.833 bits per heavy atom. The lowest BCUT2D eigenvalue weighted by Crippen LogP contribution is -2.36. The van der Waals surface area contributed by atoms with Crippen LogP contribution in [0.15, 0.2) is 79.1 Å². The van der Waals surface area contributed by atoms with Gasteiger partial charge in [0, 0.05) is 31.2 Å². The number of carbonyl (C=O) groups is 2. The monoisotopic (exact) mass is 399 g/mol. The summed E-state index contributed by atoms with van der Waals surface area (Å²) in [6.45, 7) is 1.97. The molecule has 1 saturated heterocycles. The van der Waals surface area contributed by atoms with Crippen LogP contribution in [0.5, 0.6) is 0 Å². The number of para-hydroxylation sites is 1. The fourth-order valence-electron chi connectivity index (χ4n) is 3.76. The Kier molecular flexibility index (Phi) is 6.18. The molecule has 0 aliphatic carbocycles. The van der Waals surface area contributed by atoms with Gasteiger partial charge in [-0.05, 0) is 43.0 Å². The Labute approximate surface area is 177 Å². The van der Waals surface area contributed by atoms with Crippen molar-refractivity contribution in [2.45, 2.75) is 25.8 Å². The number of likely N-dealkylation sites (tertiary alicyclic amines) is 1. The summed E-state index contributed by atoms with van der Waals surface area (Å²) in [6.07, 6.45) is 6.30. The molecule has 2 aromatic carbocycles. The minimum atomic E-state index is -0.175. The lowest BCUT2D eigenvalue weighted by Gasteiger charge is -2.27. The summed E-state index contributed by atoms with van der Waals surface area (Å²) in [5.74, 6) is -0.225. The number of anilines is 1. The molecule has 0 N–H and O–H groups in total. The van der Waals surface area contributed by atoms with Gasteiger partial charge >= 0.3 is 0 Å². The Hall–Kier alpha value is -3.47. The predicted molar refractivity (Wildman–Crippen MR) is 117 cm³/mol. The number of piperidine rings is 1. The van der Waals surface area contributed by atoms with Gasteiger partial charge in [0.2, 0.25) is 0 Å². The van der Waals surface area contributed by atoms with Gasteiger partial charge in [-0.2, -0.15) is 0 Å². The SMILES string of the molecule is O=C(c1cncc(C(=O)N(Cc2ccccc2)c2ccccc2)c1)N1CCCCC1. The molecular formula is C25H25N3O2. The van der Waals surface area contributed by atoms with Crippen LogP contribution in [0, 0.1) is 0 Å². The zero-order valence-electron chi connectivity index (χ0n) is 16.9. The van der Waals surface area contributed by atoms with E-state index >= 15 is 0 Å². The summed E-state index contributed by atoms with van der Waals surface area (Å²) >= 11 is 0. The average Bonchev–Trinajstić information content (AvgIpc) is 2.83. The molecule has 0 radical (unpaired) electrons. The first-order valence-electron chi connectivity index (χ1n) is 10.4. The molecule has 1 aromatic heterocycles. The molecule has 4 rings (SSSR count). The van der Waals surface area contributed by atoms with E-state index in [2.05, 4.69) is 4.98 Å². The number of benzene rings is 2. The summed E-state index contributed by atoms with van der Waals surface area (Å²) in [4.78, 5) is 34.1. The normalized spacial score (nSPS) is 13.7. The Balaban J connectivity index is 1.62. The van der Waals surface area contributed by atoms with Crippen LogP contribution in [0.3, 0.4) is 0 Å². The topological polar surface area (TPSA) is 53.5 Å². The van der Waals surface area contributed by atoms with Crippen molar-refractivity contribution in [3.63, 3.8) is 0 Å². The highest BCUT2D eigenvalue weighted by Crippen LogP contribution is 2.21. The van der Waals surface area contributed by atoms with Crippen molar-refractivity contribution in [3.8, 4) is 0 Å². The maximum atomic E-state index is 13.5. The molecule has 30 heavy (non-hydrogen) atoms. The molecule has 1 aliphatic heterocycles. The maximum Gasteiger partial charge on any atom is 0.260 e. The first kappa shape index (κ1) is 19.8. The predicted octanol–water partition coefficient (Wildman–Crippen LogP) is 4.55. The number of rotatable bonds is 5. The first-order chi connectivity index (χ1) is 14.7. The lowest BCUT2D eigenvalue weighted by molar-refractivity contribution is 0.0724. The number of hydrogen-bond donors (Lipinski definition) is 0. The molecule has 1 fully saturated rings. The van der Waals surface area contributed by atoms with Crippen molar-refractivity contribution < 1.29 is 9.59 Å². The Morgan fingerprint density at radius 2 is 1.47 bits per heavy atom. The van der Waals surface area contributed by atoms with Crippen LogP contribution < -0.4 is 4.90 Å². The largest absolute Gasteiger partial charge is 0.339 e. The van der Waals surface area contributed by atoms with Crippen molar-refractivity contribution in [1.82, 2.24) is 9.88 Å². The molecule has 152 valence electrons. The van der Waals surface area contributed by atoms with Gasteiger partial charge in [-0.25, -0.2) is 0 Å². The number of nitrogens with zero attached hydrogens (tertiary/aromatic N) is 3. The van der Waals surface area contributed by atoms with E-state index in [1.54, 1.807) is 17.2 Å². The summed E-state index contributed by atoms with van der Waals surface area (Å²) < 4.78 is 0. The highest BCUT2D eigenvalue weighted by molar-refractivity contribution is 6.07. The fraction of sp³-hybridized carbons (Fsp3) is 0.240.